The molecule has 22 heavy (non-hydrogen) atoms. The van der Waals surface area contributed by atoms with Gasteiger partial charge in [-0.3, -0.25) is 0 Å². The molecule has 0 aliphatic heterocycles. The molecule has 0 saturated carbocycles. The Bertz CT molecular complexity index is 375. The maximum Gasteiger partial charge on any atom is 0.500 e. The van der Waals surface area contributed by atoms with E-state index in [1.54, 1.807) is 14.2 Å². The first-order chi connectivity index (χ1) is 10.8. The molecule has 0 amide bonds. The molecule has 5 nitrogen and oxygen atoms in total. The van der Waals surface area contributed by atoms with E-state index >= 15 is 0 Å². The Morgan fingerprint density at radius 1 is 1.05 bits per heavy atom. The molecule has 0 heterocycles. The predicted octanol–water partition coefficient (Wildman–Crippen LogP) is 1.81. The van der Waals surface area contributed by atoms with Crippen molar-refractivity contribution in [2.24, 2.45) is 5.73 Å². The van der Waals surface area contributed by atoms with Crippen molar-refractivity contribution in [2.45, 2.75) is 25.3 Å². The molecule has 0 aliphatic carbocycles. The summed E-state index contributed by atoms with van der Waals surface area (Å²) >= 11 is 0. The lowest BCUT2D eigenvalue weighted by atomic mass is 10.2. The third-order valence-corrected chi connectivity index (χ3v) is 6.33. The number of benzene rings is 1. The molecule has 0 atom stereocenters. The molecule has 0 fully saturated rings. The monoisotopic (exact) mass is 326 g/mol. The van der Waals surface area contributed by atoms with Gasteiger partial charge in [-0.05, 0) is 31.4 Å². The Kier molecular flexibility index (Phi) is 10.3. The standard InChI is InChI=1S/C16H30N2O3Si/c1-19-22(20-2,15-10-16-8-4-3-5-9-16)21-14-7-6-12-18-13-11-17/h3-5,8-9,18H,6-7,10-15,17H2,1-2H3. The van der Waals surface area contributed by atoms with Crippen molar-refractivity contribution in [2.75, 3.05) is 40.5 Å². The average molecular weight is 327 g/mol. The normalized spacial score (nSPS) is 11.8. The molecule has 6 heteroatoms. The SMILES string of the molecule is CO[Si](CCc1ccccc1)(OC)OCCCCNCCN. The molecule has 1 aromatic rings. The second-order valence-corrected chi connectivity index (χ2v) is 8.14. The van der Waals surface area contributed by atoms with Crippen LogP contribution in [0, 0.1) is 0 Å². The van der Waals surface area contributed by atoms with Crippen LogP contribution in [0.5, 0.6) is 0 Å². The third-order valence-electron chi connectivity index (χ3n) is 3.58. The first-order valence-electron chi connectivity index (χ1n) is 7.95. The quantitative estimate of drug-likeness (QED) is 0.427. The molecule has 0 aliphatic rings. The van der Waals surface area contributed by atoms with Crippen LogP contribution in [-0.2, 0) is 19.7 Å². The number of hydrogen-bond acceptors (Lipinski definition) is 5. The summed E-state index contributed by atoms with van der Waals surface area (Å²) in [6.07, 6.45) is 2.97. The Balaban J connectivity index is 2.29. The lowest BCUT2D eigenvalue weighted by Crippen LogP contribution is -2.44. The highest BCUT2D eigenvalue weighted by Gasteiger charge is 2.38. The van der Waals surface area contributed by atoms with Gasteiger partial charge in [0.15, 0.2) is 0 Å². The first kappa shape index (κ1) is 19.3. The van der Waals surface area contributed by atoms with Crippen LogP contribution in [0.1, 0.15) is 18.4 Å². The predicted molar refractivity (Wildman–Crippen MR) is 91.8 cm³/mol. The Labute approximate surface area is 135 Å². The van der Waals surface area contributed by atoms with E-state index in [4.69, 9.17) is 19.0 Å². The second-order valence-electron chi connectivity index (χ2n) is 5.17. The molecular weight excluding hydrogens is 296 g/mol. The van der Waals surface area contributed by atoms with Crippen LogP contribution in [0.3, 0.4) is 0 Å². The largest absolute Gasteiger partial charge is 0.500 e. The Hall–Kier alpha value is -0.763. The molecule has 0 aromatic heterocycles. The smallest absolute Gasteiger partial charge is 0.377 e. The Morgan fingerprint density at radius 3 is 2.41 bits per heavy atom. The van der Waals surface area contributed by atoms with E-state index in [-0.39, 0.29) is 0 Å². The minimum absolute atomic E-state index is 0.674. The number of nitrogens with two attached hydrogens (primary N) is 1. The highest BCUT2D eigenvalue weighted by molar-refractivity contribution is 6.60. The summed E-state index contributed by atoms with van der Waals surface area (Å²) in [5.41, 5.74) is 6.71. The molecule has 0 bridgehead atoms. The number of rotatable bonds is 13. The lowest BCUT2D eigenvalue weighted by molar-refractivity contribution is 0.0966. The number of hydrogen-bond donors (Lipinski definition) is 2. The molecule has 1 aromatic carbocycles. The minimum atomic E-state index is -2.54. The summed E-state index contributed by atoms with van der Waals surface area (Å²) in [7, 11) is 0.826. The summed E-state index contributed by atoms with van der Waals surface area (Å²) in [5, 5.41) is 3.28. The zero-order chi connectivity index (χ0) is 16.1. The third kappa shape index (κ3) is 7.48. The van der Waals surface area contributed by atoms with Crippen LogP contribution < -0.4 is 11.1 Å². The molecule has 1 rings (SSSR count). The zero-order valence-corrected chi connectivity index (χ0v) is 14.8. The van der Waals surface area contributed by atoms with E-state index in [0.29, 0.717) is 13.2 Å². The topological polar surface area (TPSA) is 65.7 Å². The van der Waals surface area contributed by atoms with Gasteiger partial charge in [-0.15, -0.1) is 0 Å². The van der Waals surface area contributed by atoms with Crippen LogP contribution in [0.4, 0.5) is 0 Å². The van der Waals surface area contributed by atoms with Crippen molar-refractivity contribution in [1.29, 1.82) is 0 Å². The van der Waals surface area contributed by atoms with Gasteiger partial charge in [0.2, 0.25) is 0 Å². The van der Waals surface area contributed by atoms with E-state index in [9.17, 15) is 0 Å². The number of nitrogens with one attached hydrogen (secondary N) is 1. The zero-order valence-electron chi connectivity index (χ0n) is 13.8. The Morgan fingerprint density at radius 2 is 1.77 bits per heavy atom. The molecule has 0 radical (unpaired) electrons. The van der Waals surface area contributed by atoms with Gasteiger partial charge >= 0.3 is 8.80 Å². The minimum Gasteiger partial charge on any atom is -0.377 e. The maximum absolute atomic E-state index is 6.00. The van der Waals surface area contributed by atoms with Crippen molar-refractivity contribution in [1.82, 2.24) is 5.32 Å². The summed E-state index contributed by atoms with van der Waals surface area (Å²) in [4.78, 5) is 0. The van der Waals surface area contributed by atoms with Gasteiger partial charge in [-0.25, -0.2) is 0 Å². The van der Waals surface area contributed by atoms with Crippen LogP contribution in [0.25, 0.3) is 0 Å². The highest BCUT2D eigenvalue weighted by atomic mass is 28.4. The fourth-order valence-electron chi connectivity index (χ4n) is 2.23. The molecule has 3 N–H and O–H groups in total. The van der Waals surface area contributed by atoms with Crippen LogP contribution in [0.15, 0.2) is 30.3 Å². The lowest BCUT2D eigenvalue weighted by Gasteiger charge is -2.26. The molecule has 0 unspecified atom stereocenters. The van der Waals surface area contributed by atoms with Crippen molar-refractivity contribution in [3.63, 3.8) is 0 Å². The van der Waals surface area contributed by atoms with Crippen LogP contribution in [0.2, 0.25) is 6.04 Å². The number of unbranched alkanes of at least 4 members (excludes halogenated alkanes) is 1. The van der Waals surface area contributed by atoms with Crippen molar-refractivity contribution >= 4 is 8.80 Å². The van der Waals surface area contributed by atoms with Gasteiger partial charge in [0.1, 0.15) is 0 Å². The van der Waals surface area contributed by atoms with Crippen molar-refractivity contribution in [3.8, 4) is 0 Å². The van der Waals surface area contributed by atoms with Crippen LogP contribution in [-0.4, -0.2) is 49.3 Å². The fraction of sp³-hybridized carbons (Fsp3) is 0.625. The summed E-state index contributed by atoms with van der Waals surface area (Å²) in [6, 6.07) is 11.2. The molecule has 0 saturated heterocycles. The highest BCUT2D eigenvalue weighted by Crippen LogP contribution is 2.18. The molecule has 0 spiro atoms. The maximum atomic E-state index is 6.00. The molecular formula is C16H30N2O3Si. The first-order valence-corrected chi connectivity index (χ1v) is 9.88. The van der Waals surface area contributed by atoms with Gasteiger partial charge in [-0.2, -0.15) is 0 Å². The second kappa shape index (κ2) is 11.8. The van der Waals surface area contributed by atoms with E-state index in [1.165, 1.54) is 5.56 Å². The molecule has 126 valence electrons. The van der Waals surface area contributed by atoms with E-state index in [1.807, 2.05) is 18.2 Å². The fourth-order valence-corrected chi connectivity index (χ4v) is 4.23. The van der Waals surface area contributed by atoms with Gasteiger partial charge in [0.05, 0.1) is 0 Å². The van der Waals surface area contributed by atoms with E-state index in [2.05, 4.69) is 17.4 Å². The van der Waals surface area contributed by atoms with Crippen LogP contribution >= 0.6 is 0 Å². The average Bonchev–Trinajstić information content (AvgIpc) is 2.58. The van der Waals surface area contributed by atoms with E-state index < -0.39 is 8.80 Å². The summed E-state index contributed by atoms with van der Waals surface area (Å²) < 4.78 is 17.2. The van der Waals surface area contributed by atoms with Gasteiger partial charge < -0.3 is 24.3 Å². The van der Waals surface area contributed by atoms with Gasteiger partial charge in [0.25, 0.3) is 0 Å². The summed E-state index contributed by atoms with van der Waals surface area (Å²) in [5.74, 6) is 0. The number of aryl methyl sites for hydroxylation is 1. The summed E-state index contributed by atoms with van der Waals surface area (Å²) in [6.45, 7) is 3.19. The van der Waals surface area contributed by atoms with E-state index in [0.717, 1.165) is 38.4 Å². The van der Waals surface area contributed by atoms with Crippen molar-refractivity contribution in [3.05, 3.63) is 35.9 Å². The van der Waals surface area contributed by atoms with Gasteiger partial charge in [0, 0.05) is 40.0 Å². The van der Waals surface area contributed by atoms with Gasteiger partial charge in [-0.1, -0.05) is 30.3 Å². The van der Waals surface area contributed by atoms with Crippen molar-refractivity contribution < 1.29 is 13.3 Å².